The number of hydrogen-bond acceptors (Lipinski definition) is 8. The van der Waals surface area contributed by atoms with Crippen LogP contribution in [-0.2, 0) is 18.9 Å². The average molecular weight is 514 g/mol. The smallest absolute Gasteiger partial charge is 0.338 e. The highest BCUT2D eigenvalue weighted by atomic mass is 16.7. The van der Waals surface area contributed by atoms with Gasteiger partial charge in [0, 0.05) is 0 Å². The molecule has 3 atom stereocenters. The molecule has 5 rings (SSSR count). The molecular weight excluding hydrogens is 490 g/mol. The van der Waals surface area contributed by atoms with Gasteiger partial charge in [0.05, 0.1) is 22.3 Å². The Morgan fingerprint density at radius 1 is 0.737 bits per heavy atom. The number of esters is 2. The van der Waals surface area contributed by atoms with E-state index in [9.17, 15) is 19.2 Å². The third kappa shape index (κ3) is 5.39. The molecule has 9 heteroatoms. The summed E-state index contributed by atoms with van der Waals surface area (Å²) in [7, 11) is 0. The van der Waals surface area contributed by atoms with Crippen molar-refractivity contribution in [1.29, 1.82) is 0 Å². The van der Waals surface area contributed by atoms with Gasteiger partial charge in [0.15, 0.2) is 12.4 Å². The number of rotatable bonds is 8. The second kappa shape index (κ2) is 11.2. The highest BCUT2D eigenvalue weighted by molar-refractivity contribution is 6.21. The molecule has 0 aliphatic carbocycles. The number of amides is 2. The van der Waals surface area contributed by atoms with Crippen LogP contribution >= 0.6 is 0 Å². The quantitative estimate of drug-likeness (QED) is 0.255. The van der Waals surface area contributed by atoms with E-state index in [1.165, 1.54) is 6.08 Å². The van der Waals surface area contributed by atoms with Crippen molar-refractivity contribution in [2.75, 3.05) is 13.3 Å². The molecule has 2 aliphatic heterocycles. The second-order valence-electron chi connectivity index (χ2n) is 8.51. The van der Waals surface area contributed by atoms with E-state index >= 15 is 0 Å². The molecule has 0 radical (unpaired) electrons. The summed E-state index contributed by atoms with van der Waals surface area (Å²) in [6, 6.07) is 23.4. The van der Waals surface area contributed by atoms with Gasteiger partial charge in [-0.25, -0.2) is 14.5 Å². The van der Waals surface area contributed by atoms with Crippen LogP contribution in [0.2, 0.25) is 0 Å². The van der Waals surface area contributed by atoms with E-state index in [0.717, 1.165) is 4.90 Å². The van der Waals surface area contributed by atoms with E-state index < -0.39 is 42.3 Å². The molecule has 0 N–H and O–H groups in total. The normalized spacial score (nSPS) is 20.2. The highest BCUT2D eigenvalue weighted by Crippen LogP contribution is 2.24. The number of hydrogen-bond donors (Lipinski definition) is 0. The Balaban J connectivity index is 1.26. The first kappa shape index (κ1) is 25.1. The summed E-state index contributed by atoms with van der Waals surface area (Å²) in [5, 5.41) is 0. The lowest BCUT2D eigenvalue weighted by molar-refractivity contribution is -0.189. The van der Waals surface area contributed by atoms with Crippen molar-refractivity contribution in [3.63, 3.8) is 0 Å². The summed E-state index contributed by atoms with van der Waals surface area (Å²) in [5.41, 5.74) is 1.32. The molecule has 38 heavy (non-hydrogen) atoms. The number of fused-ring (bicyclic) bond motifs is 1. The summed E-state index contributed by atoms with van der Waals surface area (Å²) in [6.45, 7) is -0.593. The molecule has 2 amide bonds. The van der Waals surface area contributed by atoms with Crippen LogP contribution in [0.1, 0.15) is 41.4 Å². The van der Waals surface area contributed by atoms with Gasteiger partial charge in [0.25, 0.3) is 11.8 Å². The molecule has 192 valence electrons. The van der Waals surface area contributed by atoms with Gasteiger partial charge in [0.1, 0.15) is 19.4 Å². The van der Waals surface area contributed by atoms with E-state index in [0.29, 0.717) is 22.3 Å². The topological polar surface area (TPSA) is 108 Å². The fourth-order valence-corrected chi connectivity index (χ4v) is 4.05. The Labute approximate surface area is 218 Å². The standard InChI is InChI=1S/C29H23NO8/c31-26-21-13-7-8-14-22(21)27(32)30(26)18-36-25-16-15-23(38-29(34)20-11-5-2-6-12-20)24(37-25)17-35-28(33)19-9-3-1-4-10-19/h1-16,23-25H,17-18H2/t23-,24+,25-/m0/s1. The van der Waals surface area contributed by atoms with Crippen molar-refractivity contribution < 1.29 is 38.1 Å². The Morgan fingerprint density at radius 2 is 1.29 bits per heavy atom. The minimum Gasteiger partial charge on any atom is -0.459 e. The number of carbonyl (C=O) groups is 4. The van der Waals surface area contributed by atoms with Crippen LogP contribution in [0.3, 0.4) is 0 Å². The maximum Gasteiger partial charge on any atom is 0.338 e. The van der Waals surface area contributed by atoms with Crippen LogP contribution in [0.25, 0.3) is 0 Å². The van der Waals surface area contributed by atoms with E-state index in [4.69, 9.17) is 18.9 Å². The van der Waals surface area contributed by atoms with Crippen LogP contribution in [-0.4, -0.2) is 60.5 Å². The molecule has 3 aromatic carbocycles. The maximum absolute atomic E-state index is 12.6. The first-order chi connectivity index (χ1) is 18.5. The third-order valence-electron chi connectivity index (χ3n) is 6.02. The van der Waals surface area contributed by atoms with Crippen molar-refractivity contribution >= 4 is 23.8 Å². The number of nitrogens with zero attached hydrogens (tertiary/aromatic N) is 1. The zero-order valence-corrected chi connectivity index (χ0v) is 20.1. The lowest BCUT2D eigenvalue weighted by Gasteiger charge is -2.32. The lowest BCUT2D eigenvalue weighted by atomic mass is 10.1. The maximum atomic E-state index is 12.6. The fraction of sp³-hybridized carbons (Fsp3) is 0.172. The predicted molar refractivity (Wildman–Crippen MR) is 133 cm³/mol. The van der Waals surface area contributed by atoms with Crippen LogP contribution < -0.4 is 0 Å². The monoisotopic (exact) mass is 513 g/mol. The Morgan fingerprint density at radius 3 is 1.89 bits per heavy atom. The fourth-order valence-electron chi connectivity index (χ4n) is 4.05. The van der Waals surface area contributed by atoms with Crippen molar-refractivity contribution in [3.05, 3.63) is 119 Å². The highest BCUT2D eigenvalue weighted by Gasteiger charge is 2.37. The number of benzene rings is 3. The number of imide groups is 1. The van der Waals surface area contributed by atoms with Gasteiger partial charge in [-0.15, -0.1) is 0 Å². The van der Waals surface area contributed by atoms with Crippen LogP contribution in [0, 0.1) is 0 Å². The van der Waals surface area contributed by atoms with Crippen molar-refractivity contribution in [3.8, 4) is 0 Å². The zero-order valence-electron chi connectivity index (χ0n) is 20.1. The summed E-state index contributed by atoms with van der Waals surface area (Å²) in [4.78, 5) is 51.3. The molecule has 0 fully saturated rings. The predicted octanol–water partition coefficient (Wildman–Crippen LogP) is 3.62. The number of ether oxygens (including phenoxy) is 4. The molecule has 0 aromatic heterocycles. The van der Waals surface area contributed by atoms with Gasteiger partial charge in [-0.2, -0.15) is 0 Å². The molecule has 0 spiro atoms. The van der Waals surface area contributed by atoms with Crippen LogP contribution in [0.4, 0.5) is 0 Å². The van der Waals surface area contributed by atoms with E-state index in [1.54, 1.807) is 91.0 Å². The molecular formula is C29H23NO8. The van der Waals surface area contributed by atoms with E-state index in [-0.39, 0.29) is 13.3 Å². The molecule has 3 aromatic rings. The lowest BCUT2D eigenvalue weighted by Crippen LogP contribution is -2.43. The summed E-state index contributed by atoms with van der Waals surface area (Å²) >= 11 is 0. The molecule has 2 aliphatic rings. The Bertz CT molecular complexity index is 1340. The minimum absolute atomic E-state index is 0.238. The van der Waals surface area contributed by atoms with Crippen molar-refractivity contribution in [2.45, 2.75) is 18.5 Å². The van der Waals surface area contributed by atoms with Crippen LogP contribution in [0.5, 0.6) is 0 Å². The van der Waals surface area contributed by atoms with Gasteiger partial charge >= 0.3 is 11.9 Å². The third-order valence-corrected chi connectivity index (χ3v) is 6.02. The minimum atomic E-state index is -0.994. The van der Waals surface area contributed by atoms with Crippen molar-refractivity contribution in [2.24, 2.45) is 0 Å². The summed E-state index contributed by atoms with van der Waals surface area (Å²) < 4.78 is 22.6. The number of carbonyl (C=O) groups excluding carboxylic acids is 4. The summed E-state index contributed by atoms with van der Waals surface area (Å²) in [5.74, 6) is -2.07. The van der Waals surface area contributed by atoms with Gasteiger partial charge in [-0.1, -0.05) is 48.5 Å². The van der Waals surface area contributed by atoms with E-state index in [2.05, 4.69) is 0 Å². The zero-order chi connectivity index (χ0) is 26.5. The average Bonchev–Trinajstić information content (AvgIpc) is 3.21. The van der Waals surface area contributed by atoms with Gasteiger partial charge in [0.2, 0.25) is 0 Å². The molecule has 0 saturated carbocycles. The summed E-state index contributed by atoms with van der Waals surface area (Å²) in [6.07, 6.45) is 0.291. The first-order valence-electron chi connectivity index (χ1n) is 11.9. The van der Waals surface area contributed by atoms with Crippen molar-refractivity contribution in [1.82, 2.24) is 4.90 Å². The SMILES string of the molecule is O=C(OC[C@H]1O[C@H](OCN2C(=O)c3ccccc3C2=O)C=C[C@@H]1OC(=O)c1ccccc1)c1ccccc1. The van der Waals surface area contributed by atoms with Crippen LogP contribution in [0.15, 0.2) is 97.1 Å². The second-order valence-corrected chi connectivity index (χ2v) is 8.51. The molecule has 0 saturated heterocycles. The molecule has 0 unspecified atom stereocenters. The molecule has 0 bridgehead atoms. The Kier molecular flexibility index (Phi) is 7.39. The largest absolute Gasteiger partial charge is 0.459 e. The Hall–Kier alpha value is -4.60. The first-order valence-corrected chi connectivity index (χ1v) is 11.9. The van der Waals surface area contributed by atoms with Gasteiger partial charge in [-0.3, -0.25) is 9.59 Å². The van der Waals surface area contributed by atoms with Gasteiger partial charge < -0.3 is 18.9 Å². The van der Waals surface area contributed by atoms with E-state index in [1.807, 2.05) is 0 Å². The molecule has 9 nitrogen and oxygen atoms in total. The molecule has 2 heterocycles. The van der Waals surface area contributed by atoms with Gasteiger partial charge in [-0.05, 0) is 48.6 Å².